The van der Waals surface area contributed by atoms with Gasteiger partial charge in [0.25, 0.3) is 0 Å². The van der Waals surface area contributed by atoms with Crippen molar-refractivity contribution in [3.05, 3.63) is 34.3 Å². The first-order chi connectivity index (χ1) is 15.3. The third kappa shape index (κ3) is 3.56. The van der Waals surface area contributed by atoms with E-state index in [4.69, 9.17) is 4.98 Å². The summed E-state index contributed by atoms with van der Waals surface area (Å²) in [4.78, 5) is 40.3. The highest BCUT2D eigenvalue weighted by Crippen LogP contribution is 2.51. The van der Waals surface area contributed by atoms with Gasteiger partial charge >= 0.3 is 0 Å². The molecule has 0 radical (unpaired) electrons. The number of amides is 2. The van der Waals surface area contributed by atoms with Crippen molar-refractivity contribution in [3.63, 3.8) is 0 Å². The average Bonchev–Trinajstić information content (AvgIpc) is 3.50. The van der Waals surface area contributed by atoms with Crippen LogP contribution in [0.15, 0.2) is 17.9 Å². The first-order valence-corrected chi connectivity index (χ1v) is 12.7. The number of nitrogens with zero attached hydrogens (tertiary/aromatic N) is 5. The molecule has 1 saturated carbocycles. The van der Waals surface area contributed by atoms with Gasteiger partial charge in [0.1, 0.15) is 0 Å². The van der Waals surface area contributed by atoms with Gasteiger partial charge in [0, 0.05) is 49.1 Å². The summed E-state index contributed by atoms with van der Waals surface area (Å²) in [7, 11) is 0. The number of carbonyl (C=O) groups excluding carboxylic acids is 2. The number of hydrogen-bond acceptors (Lipinski definition) is 5. The van der Waals surface area contributed by atoms with E-state index in [2.05, 4.69) is 36.5 Å². The van der Waals surface area contributed by atoms with E-state index in [9.17, 15) is 9.59 Å². The number of likely N-dealkylation sites (tertiary alicyclic amines) is 2. The molecular formula is C24H33N5O2S. The molecule has 0 bridgehead atoms. The number of hydrogen-bond donors (Lipinski definition) is 0. The summed E-state index contributed by atoms with van der Waals surface area (Å²) in [5.41, 5.74) is 1.32. The van der Waals surface area contributed by atoms with Crippen molar-refractivity contribution in [3.8, 4) is 0 Å². The van der Waals surface area contributed by atoms with Crippen LogP contribution in [0.5, 0.6) is 0 Å². The van der Waals surface area contributed by atoms with Crippen molar-refractivity contribution in [2.75, 3.05) is 19.6 Å². The molecule has 0 aromatic carbocycles. The highest BCUT2D eigenvalue weighted by Gasteiger charge is 2.59. The molecule has 2 amide bonds. The molecule has 1 aliphatic carbocycles. The van der Waals surface area contributed by atoms with Crippen LogP contribution in [0.2, 0.25) is 0 Å². The first kappa shape index (κ1) is 21.6. The van der Waals surface area contributed by atoms with Crippen molar-refractivity contribution >= 4 is 23.2 Å². The van der Waals surface area contributed by atoms with Gasteiger partial charge in [-0.2, -0.15) is 0 Å². The van der Waals surface area contributed by atoms with Gasteiger partial charge in [-0.1, -0.05) is 6.92 Å². The molecule has 0 unspecified atom stereocenters. The van der Waals surface area contributed by atoms with E-state index in [1.165, 1.54) is 0 Å². The number of rotatable bonds is 5. The molecule has 7 nitrogen and oxygen atoms in total. The van der Waals surface area contributed by atoms with Gasteiger partial charge in [-0.15, -0.1) is 11.3 Å². The molecule has 2 atom stereocenters. The van der Waals surface area contributed by atoms with Crippen LogP contribution in [0.4, 0.5) is 0 Å². The van der Waals surface area contributed by atoms with Crippen LogP contribution in [0.3, 0.4) is 0 Å². The quantitative estimate of drug-likeness (QED) is 0.690. The molecule has 2 saturated heterocycles. The minimum atomic E-state index is -0.577. The van der Waals surface area contributed by atoms with Crippen LogP contribution >= 0.6 is 11.3 Å². The maximum Gasteiger partial charge on any atom is 0.231 e. The van der Waals surface area contributed by atoms with Crippen molar-refractivity contribution in [1.82, 2.24) is 24.3 Å². The second-order valence-electron chi connectivity index (χ2n) is 10.4. The van der Waals surface area contributed by atoms with Crippen molar-refractivity contribution in [1.29, 1.82) is 0 Å². The Morgan fingerprint density at radius 2 is 2.12 bits per heavy atom. The normalized spacial score (nSPS) is 30.0. The maximum absolute atomic E-state index is 13.9. The Morgan fingerprint density at radius 1 is 1.34 bits per heavy atom. The van der Waals surface area contributed by atoms with Crippen molar-refractivity contribution < 1.29 is 9.59 Å². The molecule has 8 heteroatoms. The van der Waals surface area contributed by atoms with Gasteiger partial charge in [-0.05, 0) is 46.0 Å². The SMILES string of the molecule is Cc1nc(CN2CC[C@@]3(CN(C(=O)C4CC(C)C4)C[C@H]3c3cn(C(C)C)cn3)C2=O)cs1. The van der Waals surface area contributed by atoms with Gasteiger partial charge in [0.15, 0.2) is 0 Å². The van der Waals surface area contributed by atoms with Crippen LogP contribution in [0, 0.1) is 24.2 Å². The van der Waals surface area contributed by atoms with Gasteiger partial charge in [-0.25, -0.2) is 9.97 Å². The Hall–Kier alpha value is -2.22. The lowest BCUT2D eigenvalue weighted by Crippen LogP contribution is -2.43. The Labute approximate surface area is 193 Å². The molecule has 4 heterocycles. The standard InChI is InChI=1S/C24H33N5O2S/c1-15(2)29-11-21(25-14-29)20-10-28(22(30)18-7-16(3)8-18)13-24(20)5-6-27(23(24)31)9-19-12-32-17(4)26-19/h11-12,14-16,18,20H,5-10,13H2,1-4H3/t16?,18?,20-,24-/m0/s1. The molecule has 2 aromatic heterocycles. The highest BCUT2D eigenvalue weighted by molar-refractivity contribution is 7.09. The molecule has 3 aliphatic rings. The first-order valence-electron chi connectivity index (χ1n) is 11.8. The van der Waals surface area contributed by atoms with E-state index in [0.29, 0.717) is 38.1 Å². The molecule has 0 N–H and O–H groups in total. The predicted octanol–water partition coefficient (Wildman–Crippen LogP) is 3.62. The van der Waals surface area contributed by atoms with E-state index in [0.717, 1.165) is 35.7 Å². The summed E-state index contributed by atoms with van der Waals surface area (Å²) >= 11 is 1.62. The smallest absolute Gasteiger partial charge is 0.231 e. The second kappa shape index (κ2) is 7.97. The van der Waals surface area contributed by atoms with Crippen molar-refractivity contribution in [2.45, 2.75) is 65.5 Å². The summed E-state index contributed by atoms with van der Waals surface area (Å²) in [5.74, 6) is 1.08. The molecule has 2 aliphatic heterocycles. The Morgan fingerprint density at radius 3 is 2.75 bits per heavy atom. The van der Waals surface area contributed by atoms with E-state index >= 15 is 0 Å². The van der Waals surface area contributed by atoms with Gasteiger partial charge in [-0.3, -0.25) is 9.59 Å². The average molecular weight is 456 g/mol. The minimum absolute atomic E-state index is 0.0568. The fourth-order valence-corrected chi connectivity index (χ4v) is 6.39. The number of aromatic nitrogens is 3. The Balaban J connectivity index is 1.42. The largest absolute Gasteiger partial charge is 0.341 e. The number of thiazole rings is 1. The predicted molar refractivity (Wildman–Crippen MR) is 123 cm³/mol. The van der Waals surface area contributed by atoms with Gasteiger partial charge in [0.2, 0.25) is 11.8 Å². The number of aryl methyl sites for hydroxylation is 1. The van der Waals surface area contributed by atoms with Gasteiger partial charge in [0.05, 0.1) is 34.7 Å². The molecule has 172 valence electrons. The monoisotopic (exact) mass is 455 g/mol. The molecule has 2 aromatic rings. The van der Waals surface area contributed by atoms with E-state index in [-0.39, 0.29) is 23.7 Å². The summed E-state index contributed by atoms with van der Waals surface area (Å²) in [5, 5.41) is 3.06. The fraction of sp³-hybridized carbons (Fsp3) is 0.667. The second-order valence-corrected chi connectivity index (χ2v) is 11.4. The van der Waals surface area contributed by atoms with Crippen molar-refractivity contribution in [2.24, 2.45) is 17.3 Å². The summed E-state index contributed by atoms with van der Waals surface area (Å²) in [6, 6.07) is 0.312. The number of carbonyl (C=O) groups is 2. The molecule has 3 fully saturated rings. The van der Waals surface area contributed by atoms with Crippen LogP contribution < -0.4 is 0 Å². The highest BCUT2D eigenvalue weighted by atomic mass is 32.1. The van der Waals surface area contributed by atoms with Crippen LogP contribution in [-0.2, 0) is 16.1 Å². The molecular weight excluding hydrogens is 422 g/mol. The van der Waals surface area contributed by atoms with E-state index in [1.54, 1.807) is 11.3 Å². The summed E-state index contributed by atoms with van der Waals surface area (Å²) in [6.45, 7) is 10.8. The zero-order chi connectivity index (χ0) is 22.6. The van der Waals surface area contributed by atoms with Crippen LogP contribution in [-0.4, -0.2) is 55.8 Å². The lowest BCUT2D eigenvalue weighted by molar-refractivity contribution is -0.140. The summed E-state index contributed by atoms with van der Waals surface area (Å²) < 4.78 is 2.09. The van der Waals surface area contributed by atoms with Crippen LogP contribution in [0.25, 0.3) is 0 Å². The lowest BCUT2D eigenvalue weighted by Gasteiger charge is -2.34. The van der Waals surface area contributed by atoms with E-state index < -0.39 is 5.41 Å². The van der Waals surface area contributed by atoms with Gasteiger partial charge < -0.3 is 14.4 Å². The third-order valence-corrected chi connectivity index (χ3v) is 8.54. The Kier molecular flexibility index (Phi) is 5.39. The zero-order valence-electron chi connectivity index (χ0n) is 19.5. The lowest BCUT2D eigenvalue weighted by atomic mass is 9.75. The summed E-state index contributed by atoms with van der Waals surface area (Å²) in [6.07, 6.45) is 6.65. The maximum atomic E-state index is 13.9. The minimum Gasteiger partial charge on any atom is -0.341 e. The van der Waals surface area contributed by atoms with E-state index in [1.807, 2.05) is 28.4 Å². The molecule has 1 spiro atoms. The van der Waals surface area contributed by atoms with Crippen LogP contribution in [0.1, 0.15) is 68.4 Å². The zero-order valence-corrected chi connectivity index (χ0v) is 20.3. The Bertz CT molecular complexity index is 1020. The fourth-order valence-electron chi connectivity index (χ4n) is 5.79. The topological polar surface area (TPSA) is 71.3 Å². The molecule has 32 heavy (non-hydrogen) atoms. The molecule has 5 rings (SSSR count). The number of imidazole rings is 1. The third-order valence-electron chi connectivity index (χ3n) is 7.71.